The highest BCUT2D eigenvalue weighted by molar-refractivity contribution is 7.37. The Labute approximate surface area is 59.1 Å². The average Bonchev–Trinajstić information content (AvgIpc) is 1.60. The fourth-order valence-electron chi connectivity index (χ4n) is 0.272. The lowest BCUT2D eigenvalue weighted by Crippen LogP contribution is -2.41. The van der Waals surface area contributed by atoms with Crippen molar-refractivity contribution >= 4 is 17.1 Å². The maximum Gasteiger partial charge on any atom is 0.674 e. The Morgan fingerprint density at radius 3 is 2.10 bits per heavy atom. The molecule has 0 aliphatic heterocycles. The monoisotopic (exact) mass is 186 g/mol. The van der Waals surface area contributed by atoms with Crippen molar-refractivity contribution in [3.63, 3.8) is 0 Å². The lowest BCUT2D eigenvalue weighted by molar-refractivity contribution is -0.172. The smallest absolute Gasteiger partial charge is 0.593 e. The van der Waals surface area contributed by atoms with E-state index in [0.29, 0.717) is 0 Å². The van der Waals surface area contributed by atoms with Gasteiger partial charge < -0.3 is 23.7 Å². The van der Waals surface area contributed by atoms with Crippen LogP contribution in [0.5, 0.6) is 0 Å². The molecule has 0 saturated heterocycles. The van der Waals surface area contributed by atoms with E-state index in [9.17, 15) is 9.46 Å². The summed E-state index contributed by atoms with van der Waals surface area (Å²) in [6.07, 6.45) is 0. The molecule has 0 amide bonds. The van der Waals surface area contributed by atoms with Gasteiger partial charge in [0.25, 0.3) is 0 Å². The second-order valence-electron chi connectivity index (χ2n) is 1.58. The van der Waals surface area contributed by atoms with Gasteiger partial charge in [0.05, 0.1) is 0 Å². The Morgan fingerprint density at radius 2 is 2.00 bits per heavy atom. The van der Waals surface area contributed by atoms with E-state index in [1.807, 2.05) is 0 Å². The molecule has 10 heavy (non-hydrogen) atoms. The summed E-state index contributed by atoms with van der Waals surface area (Å²) in [5.41, 5.74) is 0. The summed E-state index contributed by atoms with van der Waals surface area (Å²) in [5.74, 6) is -1.37. The lowest BCUT2D eigenvalue weighted by atomic mass is 10.9. The van der Waals surface area contributed by atoms with Crippen LogP contribution in [0.15, 0.2) is 0 Å². The Balaban J connectivity index is 3.80. The van der Waals surface area contributed by atoms with E-state index in [0.717, 1.165) is 6.92 Å². The van der Waals surface area contributed by atoms with Gasteiger partial charge in [-0.05, 0) is 0 Å². The largest absolute Gasteiger partial charge is 0.674 e. The van der Waals surface area contributed by atoms with Gasteiger partial charge in [0.1, 0.15) is 0 Å². The van der Waals surface area contributed by atoms with Crippen molar-refractivity contribution < 1.29 is 28.3 Å². The average molecular weight is 186 g/mol. The molecule has 0 aromatic carbocycles. The Bertz CT molecular complexity index is 130. The molecule has 0 fully saturated rings. The second kappa shape index (κ2) is 3.49. The minimum absolute atomic E-state index is 1.08. The standard InChI is InChI=1S/C2H7O6PSi/c1-2(9(3)4)8-10(5,6)7/h2,5-7H,1H3. The molecule has 6 nitrogen and oxygen atoms in total. The third kappa shape index (κ3) is 4.95. The molecule has 0 aliphatic carbocycles. The Kier molecular flexibility index (Phi) is 3.53. The highest BCUT2D eigenvalue weighted by atomic mass is 31.1. The maximum absolute atomic E-state index is 9.98. The molecular formula is C2H7O6PSi. The summed E-state index contributed by atoms with van der Waals surface area (Å²) in [5, 5.41) is 0. The molecule has 2 atom stereocenters. The first-order valence-electron chi connectivity index (χ1n) is 2.31. The number of rotatable bonds is 3. The van der Waals surface area contributed by atoms with Crippen LogP contribution in [0.4, 0.5) is 0 Å². The first kappa shape index (κ1) is 10.1. The zero-order valence-corrected chi connectivity index (χ0v) is 6.99. The molecule has 0 radical (unpaired) electrons. The van der Waals surface area contributed by atoms with Gasteiger partial charge in [0, 0.05) is 6.92 Å². The molecule has 0 aromatic rings. The molecule has 0 aromatic heterocycles. The van der Waals surface area contributed by atoms with E-state index < -0.39 is 22.9 Å². The lowest BCUT2D eigenvalue weighted by Gasteiger charge is -2.10. The minimum Gasteiger partial charge on any atom is -0.593 e. The van der Waals surface area contributed by atoms with Crippen LogP contribution in [0, 0.1) is 0 Å². The second-order valence-corrected chi connectivity index (χ2v) is 4.26. The van der Waals surface area contributed by atoms with E-state index in [1.165, 1.54) is 0 Å². The van der Waals surface area contributed by atoms with Crippen molar-refractivity contribution in [3.8, 4) is 0 Å². The van der Waals surface area contributed by atoms with Crippen LogP contribution >= 0.6 is 8.03 Å². The third-order valence-electron chi connectivity index (χ3n) is 0.626. The van der Waals surface area contributed by atoms with Crippen LogP contribution in [0.25, 0.3) is 0 Å². The molecule has 0 aliphatic rings. The molecule has 2 unspecified atom stereocenters. The van der Waals surface area contributed by atoms with Crippen molar-refractivity contribution in [1.29, 1.82) is 0 Å². The summed E-state index contributed by atoms with van der Waals surface area (Å²) in [6.45, 7) is 1.08. The molecule has 60 valence electrons. The van der Waals surface area contributed by atoms with Gasteiger partial charge in [-0.2, -0.15) is 0 Å². The van der Waals surface area contributed by atoms with E-state index >= 15 is 0 Å². The third-order valence-corrected chi connectivity index (χ3v) is 2.19. The zero-order chi connectivity index (χ0) is 8.36. The predicted octanol–water partition coefficient (Wildman–Crippen LogP) is -2.14. The summed E-state index contributed by atoms with van der Waals surface area (Å²) in [4.78, 5) is 34.6. The van der Waals surface area contributed by atoms with Crippen LogP contribution in [-0.2, 0) is 8.99 Å². The molecule has 0 spiro atoms. The first-order valence-corrected chi connectivity index (χ1v) is 5.31. The van der Waals surface area contributed by atoms with Gasteiger partial charge >= 0.3 is 17.1 Å². The topological polar surface area (TPSA) is 110 Å². The van der Waals surface area contributed by atoms with Crippen molar-refractivity contribution in [2.75, 3.05) is 0 Å². The Hall–Kier alpha value is 0.117. The summed E-state index contributed by atoms with van der Waals surface area (Å²) >= 11 is 0. The molecule has 3 N–H and O–H groups in total. The van der Waals surface area contributed by atoms with Crippen molar-refractivity contribution in [3.05, 3.63) is 0 Å². The van der Waals surface area contributed by atoms with Crippen molar-refractivity contribution in [2.45, 2.75) is 12.8 Å². The van der Waals surface area contributed by atoms with Crippen LogP contribution in [0.2, 0.25) is 0 Å². The van der Waals surface area contributed by atoms with E-state index in [2.05, 4.69) is 4.43 Å². The summed E-state index contributed by atoms with van der Waals surface area (Å²) in [7, 11) is -7.56. The van der Waals surface area contributed by atoms with Crippen molar-refractivity contribution in [2.24, 2.45) is 0 Å². The molecule has 0 saturated carbocycles. The summed E-state index contributed by atoms with van der Waals surface area (Å²) < 4.78 is 13.9. The predicted molar refractivity (Wildman–Crippen MR) is 30.6 cm³/mol. The molecule has 0 heterocycles. The van der Waals surface area contributed by atoms with Gasteiger partial charge in [-0.1, -0.05) is 4.57 Å². The molecule has 0 bridgehead atoms. The van der Waals surface area contributed by atoms with E-state index in [1.54, 1.807) is 0 Å². The molecule has 8 heteroatoms. The SMILES string of the molecule is CC(O[Si](O)(O)O)[P+](=O)[O-]. The highest BCUT2D eigenvalue weighted by Gasteiger charge is 2.37. The Morgan fingerprint density at radius 1 is 1.60 bits per heavy atom. The maximum atomic E-state index is 9.98. The van der Waals surface area contributed by atoms with Crippen LogP contribution in [0.1, 0.15) is 6.92 Å². The molecule has 0 rings (SSSR count). The van der Waals surface area contributed by atoms with Gasteiger partial charge in [-0.15, -0.1) is 0 Å². The quantitative estimate of drug-likeness (QED) is 0.343. The fraction of sp³-hybridized carbons (Fsp3) is 1.00. The summed E-state index contributed by atoms with van der Waals surface area (Å²) in [6, 6.07) is 0. The van der Waals surface area contributed by atoms with Crippen LogP contribution in [-0.4, -0.2) is 29.3 Å². The van der Waals surface area contributed by atoms with Crippen LogP contribution in [0.3, 0.4) is 0 Å². The van der Waals surface area contributed by atoms with Gasteiger partial charge in [0.15, 0.2) is 0 Å². The van der Waals surface area contributed by atoms with Crippen molar-refractivity contribution in [1.82, 2.24) is 0 Å². The number of hydrogen-bond donors (Lipinski definition) is 3. The highest BCUT2D eigenvalue weighted by Crippen LogP contribution is 2.19. The zero-order valence-electron chi connectivity index (χ0n) is 5.09. The fourth-order valence-corrected chi connectivity index (χ4v) is 1.50. The van der Waals surface area contributed by atoms with Gasteiger partial charge in [-0.3, -0.25) is 0 Å². The minimum atomic E-state index is -4.67. The first-order chi connectivity index (χ1) is 4.33. The van der Waals surface area contributed by atoms with E-state index in [-0.39, 0.29) is 0 Å². The van der Waals surface area contributed by atoms with Crippen LogP contribution < -0.4 is 4.89 Å². The normalized spacial score (nSPS) is 16.7. The molecular weight excluding hydrogens is 179 g/mol. The van der Waals surface area contributed by atoms with Gasteiger partial charge in [0.2, 0.25) is 5.85 Å². The number of hydrogen-bond acceptors (Lipinski definition) is 6. The van der Waals surface area contributed by atoms with Gasteiger partial charge in [-0.25, -0.2) is 0 Å². The van der Waals surface area contributed by atoms with E-state index in [4.69, 9.17) is 14.4 Å².